The molecule has 0 saturated carbocycles. The van der Waals surface area contributed by atoms with Crippen LogP contribution in [0.4, 0.5) is 5.69 Å². The molecule has 1 amide bonds. The van der Waals surface area contributed by atoms with Gasteiger partial charge >= 0.3 is 0 Å². The summed E-state index contributed by atoms with van der Waals surface area (Å²) in [7, 11) is 0. The van der Waals surface area contributed by atoms with Crippen molar-refractivity contribution in [1.29, 1.82) is 0 Å². The van der Waals surface area contributed by atoms with Crippen LogP contribution in [0.2, 0.25) is 5.15 Å². The number of hydrogen-bond acceptors (Lipinski definition) is 3. The van der Waals surface area contributed by atoms with E-state index in [0.717, 1.165) is 31.5 Å². The Morgan fingerprint density at radius 1 is 1.65 bits per heavy atom. The molecule has 1 unspecified atom stereocenters. The molecule has 1 saturated heterocycles. The minimum atomic E-state index is 0.0199. The fourth-order valence-electron chi connectivity index (χ4n) is 1.95. The lowest BCUT2D eigenvalue weighted by molar-refractivity contribution is -0.120. The molecule has 1 atom stereocenters. The highest BCUT2D eigenvalue weighted by molar-refractivity contribution is 6.32. The highest BCUT2D eigenvalue weighted by Crippen LogP contribution is 2.21. The first kappa shape index (κ1) is 12.3. The maximum atomic E-state index is 12.0. The highest BCUT2D eigenvalue weighted by Gasteiger charge is 2.21. The second-order valence-corrected chi connectivity index (χ2v) is 4.74. The molecule has 92 valence electrons. The Bertz CT molecular complexity index is 416. The summed E-state index contributed by atoms with van der Waals surface area (Å²) in [4.78, 5) is 16.0. The van der Waals surface area contributed by atoms with Crippen molar-refractivity contribution in [1.82, 2.24) is 10.3 Å². The Hall–Kier alpha value is -1.13. The van der Waals surface area contributed by atoms with E-state index in [-0.39, 0.29) is 11.8 Å². The molecule has 2 N–H and O–H groups in total. The van der Waals surface area contributed by atoms with E-state index in [4.69, 9.17) is 11.6 Å². The predicted octanol–water partition coefficient (Wildman–Crippen LogP) is 1.98. The predicted molar refractivity (Wildman–Crippen MR) is 68.2 cm³/mol. The average Bonchev–Trinajstić information content (AvgIpc) is 2.35. The summed E-state index contributed by atoms with van der Waals surface area (Å²) in [6, 6.07) is 1.84. The van der Waals surface area contributed by atoms with Gasteiger partial charge in [0.05, 0.1) is 11.6 Å². The van der Waals surface area contributed by atoms with Gasteiger partial charge in [0.1, 0.15) is 0 Å². The van der Waals surface area contributed by atoms with Crippen LogP contribution in [0.5, 0.6) is 0 Å². The molecule has 1 aromatic rings. The van der Waals surface area contributed by atoms with Crippen LogP contribution >= 0.6 is 11.6 Å². The number of anilines is 1. The third-order valence-electron chi connectivity index (χ3n) is 2.90. The fourth-order valence-corrected chi connectivity index (χ4v) is 2.10. The number of nitrogens with zero attached hydrogens (tertiary/aromatic N) is 1. The molecule has 1 aliphatic heterocycles. The van der Waals surface area contributed by atoms with Crippen LogP contribution < -0.4 is 10.6 Å². The summed E-state index contributed by atoms with van der Waals surface area (Å²) in [5.41, 5.74) is 1.58. The normalized spacial score (nSPS) is 20.0. The van der Waals surface area contributed by atoms with Gasteiger partial charge in [-0.15, -0.1) is 0 Å². The van der Waals surface area contributed by atoms with Crippen LogP contribution in [0.25, 0.3) is 0 Å². The van der Waals surface area contributed by atoms with Crippen LogP contribution in [0.1, 0.15) is 18.4 Å². The number of aryl methyl sites for hydroxylation is 1. The summed E-state index contributed by atoms with van der Waals surface area (Å²) in [6.45, 7) is 3.65. The van der Waals surface area contributed by atoms with Gasteiger partial charge in [-0.3, -0.25) is 4.79 Å². The molecule has 17 heavy (non-hydrogen) atoms. The van der Waals surface area contributed by atoms with Crippen LogP contribution in [0.15, 0.2) is 12.3 Å². The van der Waals surface area contributed by atoms with Crippen LogP contribution in [0.3, 0.4) is 0 Å². The monoisotopic (exact) mass is 253 g/mol. The van der Waals surface area contributed by atoms with Crippen LogP contribution in [0, 0.1) is 12.8 Å². The topological polar surface area (TPSA) is 54.0 Å². The van der Waals surface area contributed by atoms with Gasteiger partial charge in [-0.25, -0.2) is 4.98 Å². The van der Waals surface area contributed by atoms with Crippen molar-refractivity contribution in [3.8, 4) is 0 Å². The molecule has 0 spiro atoms. The Morgan fingerprint density at radius 2 is 2.47 bits per heavy atom. The lowest BCUT2D eigenvalue weighted by Gasteiger charge is -2.22. The minimum Gasteiger partial charge on any atom is -0.323 e. The number of hydrogen-bond donors (Lipinski definition) is 2. The molecule has 2 heterocycles. The molecule has 1 aromatic heterocycles. The Balaban J connectivity index is 2.04. The summed E-state index contributed by atoms with van der Waals surface area (Å²) >= 11 is 5.94. The van der Waals surface area contributed by atoms with E-state index in [2.05, 4.69) is 15.6 Å². The molecule has 2 rings (SSSR count). The van der Waals surface area contributed by atoms with Gasteiger partial charge in [-0.1, -0.05) is 11.6 Å². The lowest BCUT2D eigenvalue weighted by Crippen LogP contribution is -2.37. The number of amides is 1. The third-order valence-corrected chi connectivity index (χ3v) is 3.20. The van der Waals surface area contributed by atoms with Crippen molar-refractivity contribution < 1.29 is 4.79 Å². The number of rotatable bonds is 2. The first-order chi connectivity index (χ1) is 8.16. The number of halogens is 1. The van der Waals surface area contributed by atoms with Crippen molar-refractivity contribution in [2.45, 2.75) is 19.8 Å². The molecule has 0 bridgehead atoms. The van der Waals surface area contributed by atoms with E-state index >= 15 is 0 Å². The molecule has 4 nitrogen and oxygen atoms in total. The quantitative estimate of drug-likeness (QED) is 0.793. The van der Waals surface area contributed by atoms with E-state index < -0.39 is 0 Å². The fraction of sp³-hybridized carbons (Fsp3) is 0.500. The van der Waals surface area contributed by atoms with E-state index in [1.807, 2.05) is 13.0 Å². The smallest absolute Gasteiger partial charge is 0.228 e. The van der Waals surface area contributed by atoms with Crippen molar-refractivity contribution in [3.05, 3.63) is 23.0 Å². The van der Waals surface area contributed by atoms with Gasteiger partial charge in [0, 0.05) is 12.7 Å². The van der Waals surface area contributed by atoms with Crippen LogP contribution in [-0.2, 0) is 4.79 Å². The van der Waals surface area contributed by atoms with Gasteiger partial charge in [0.25, 0.3) is 0 Å². The molecular formula is C12H16ClN3O. The molecular weight excluding hydrogens is 238 g/mol. The first-order valence-corrected chi connectivity index (χ1v) is 6.18. The number of aromatic nitrogens is 1. The van der Waals surface area contributed by atoms with Gasteiger partial charge in [-0.05, 0) is 37.9 Å². The number of pyridine rings is 1. The van der Waals surface area contributed by atoms with Gasteiger partial charge in [-0.2, -0.15) is 0 Å². The van der Waals surface area contributed by atoms with Crippen molar-refractivity contribution in [2.24, 2.45) is 5.92 Å². The van der Waals surface area contributed by atoms with E-state index in [0.29, 0.717) is 10.8 Å². The van der Waals surface area contributed by atoms with Gasteiger partial charge < -0.3 is 10.6 Å². The number of carbonyl (C=O) groups is 1. The zero-order valence-corrected chi connectivity index (χ0v) is 10.5. The van der Waals surface area contributed by atoms with Crippen molar-refractivity contribution in [3.63, 3.8) is 0 Å². The van der Waals surface area contributed by atoms with E-state index in [9.17, 15) is 4.79 Å². The Morgan fingerprint density at radius 3 is 3.18 bits per heavy atom. The van der Waals surface area contributed by atoms with Crippen LogP contribution in [-0.4, -0.2) is 24.0 Å². The molecule has 5 heteroatoms. The Kier molecular flexibility index (Phi) is 3.97. The average molecular weight is 254 g/mol. The van der Waals surface area contributed by atoms with Crippen molar-refractivity contribution in [2.75, 3.05) is 18.4 Å². The lowest BCUT2D eigenvalue weighted by atomic mass is 9.99. The summed E-state index contributed by atoms with van der Waals surface area (Å²) in [5.74, 6) is 0.0480. The standard InChI is InChI=1S/C12H16ClN3O/c1-8-5-10(11(13)15-6-8)16-12(17)9-3-2-4-14-7-9/h5-6,9,14H,2-4,7H2,1H3,(H,16,17). The molecule has 0 aromatic carbocycles. The third kappa shape index (κ3) is 3.17. The number of piperidine rings is 1. The molecule has 0 aliphatic carbocycles. The van der Waals surface area contributed by atoms with Crippen molar-refractivity contribution >= 4 is 23.2 Å². The van der Waals surface area contributed by atoms with E-state index in [1.165, 1.54) is 0 Å². The first-order valence-electron chi connectivity index (χ1n) is 5.80. The maximum Gasteiger partial charge on any atom is 0.228 e. The van der Waals surface area contributed by atoms with Gasteiger partial charge in [0.2, 0.25) is 5.91 Å². The molecule has 1 fully saturated rings. The zero-order valence-electron chi connectivity index (χ0n) is 9.79. The van der Waals surface area contributed by atoms with E-state index in [1.54, 1.807) is 6.20 Å². The second-order valence-electron chi connectivity index (χ2n) is 4.38. The highest BCUT2D eigenvalue weighted by atomic mass is 35.5. The molecule has 0 radical (unpaired) electrons. The summed E-state index contributed by atoms with van der Waals surface area (Å²) in [5, 5.41) is 6.41. The second kappa shape index (κ2) is 5.47. The number of carbonyl (C=O) groups excluding carboxylic acids is 1. The largest absolute Gasteiger partial charge is 0.323 e. The summed E-state index contributed by atoms with van der Waals surface area (Å²) < 4.78 is 0. The number of nitrogens with one attached hydrogen (secondary N) is 2. The zero-order chi connectivity index (χ0) is 12.3. The van der Waals surface area contributed by atoms with Gasteiger partial charge in [0.15, 0.2) is 5.15 Å². The SMILES string of the molecule is Cc1cnc(Cl)c(NC(=O)C2CCCNC2)c1. The Labute approximate surface area is 106 Å². The minimum absolute atomic E-state index is 0.0199. The summed E-state index contributed by atoms with van der Waals surface area (Å²) in [6.07, 6.45) is 3.65. The molecule has 1 aliphatic rings. The maximum absolute atomic E-state index is 12.0.